The van der Waals surface area contributed by atoms with E-state index in [2.05, 4.69) is 29.1 Å². The van der Waals surface area contributed by atoms with Gasteiger partial charge in [-0.05, 0) is 38.2 Å². The third-order valence-electron chi connectivity index (χ3n) is 4.98. The van der Waals surface area contributed by atoms with Crippen LogP contribution < -0.4 is 10.9 Å². The number of aromatic amines is 1. The molecule has 1 aliphatic carbocycles. The summed E-state index contributed by atoms with van der Waals surface area (Å²) >= 11 is 3.31. The standard InChI is InChI=1S/C20H29N3O2S2/c1-3-4-5-7-13(2)21-17(24)10-11-26-12-16-22-19(25)18-14-8-6-9-15(14)27-20(18)23-16/h13H,3-12H2,1-2H3,(H,21,24)(H,22,23,25). The molecule has 0 aliphatic heterocycles. The molecule has 2 N–H and O–H groups in total. The SMILES string of the molecule is CCCCCC(C)NC(=O)CCSCc1nc2sc3c(c2c(=O)[nH]1)CCC3. The largest absolute Gasteiger partial charge is 0.354 e. The fraction of sp³-hybridized carbons (Fsp3) is 0.650. The molecule has 0 radical (unpaired) electrons. The highest BCUT2D eigenvalue weighted by molar-refractivity contribution is 7.98. The number of hydrogen-bond donors (Lipinski definition) is 2. The molecule has 1 amide bonds. The minimum Gasteiger partial charge on any atom is -0.354 e. The Bertz CT molecular complexity index is 844. The van der Waals surface area contributed by atoms with Gasteiger partial charge in [0.25, 0.3) is 5.56 Å². The number of carbonyl (C=O) groups excluding carboxylic acids is 1. The van der Waals surface area contributed by atoms with Gasteiger partial charge in [0.1, 0.15) is 10.7 Å². The maximum atomic E-state index is 12.4. The highest BCUT2D eigenvalue weighted by Gasteiger charge is 2.21. The van der Waals surface area contributed by atoms with E-state index in [9.17, 15) is 9.59 Å². The maximum Gasteiger partial charge on any atom is 0.259 e. The molecule has 2 aromatic heterocycles. The van der Waals surface area contributed by atoms with Gasteiger partial charge in [-0.1, -0.05) is 26.2 Å². The number of aryl methyl sites for hydroxylation is 2. The van der Waals surface area contributed by atoms with Crippen molar-refractivity contribution in [1.82, 2.24) is 15.3 Å². The van der Waals surface area contributed by atoms with Gasteiger partial charge in [-0.25, -0.2) is 4.98 Å². The van der Waals surface area contributed by atoms with Gasteiger partial charge in [0.05, 0.1) is 11.1 Å². The lowest BCUT2D eigenvalue weighted by molar-refractivity contribution is -0.121. The van der Waals surface area contributed by atoms with E-state index in [4.69, 9.17) is 0 Å². The van der Waals surface area contributed by atoms with Crippen molar-refractivity contribution in [2.75, 3.05) is 5.75 Å². The minimum absolute atomic E-state index is 0.00588. The van der Waals surface area contributed by atoms with Gasteiger partial charge in [-0.3, -0.25) is 9.59 Å². The Morgan fingerprint density at radius 2 is 2.22 bits per heavy atom. The molecule has 1 unspecified atom stereocenters. The molecule has 5 nitrogen and oxygen atoms in total. The Labute approximate surface area is 168 Å². The number of carbonyl (C=O) groups is 1. The topological polar surface area (TPSA) is 74.8 Å². The molecule has 7 heteroatoms. The molecule has 0 saturated heterocycles. The zero-order valence-corrected chi connectivity index (χ0v) is 17.9. The third kappa shape index (κ3) is 5.35. The van der Waals surface area contributed by atoms with Gasteiger partial charge >= 0.3 is 0 Å². The Kier molecular flexibility index (Phi) is 7.35. The predicted molar refractivity (Wildman–Crippen MR) is 115 cm³/mol. The molecule has 3 rings (SSSR count). The first kappa shape index (κ1) is 20.4. The van der Waals surface area contributed by atoms with Crippen LogP contribution in [0.15, 0.2) is 4.79 Å². The van der Waals surface area contributed by atoms with Crippen molar-refractivity contribution < 1.29 is 4.79 Å². The van der Waals surface area contributed by atoms with Gasteiger partial charge in [0, 0.05) is 23.1 Å². The summed E-state index contributed by atoms with van der Waals surface area (Å²) in [4.78, 5) is 34.2. The fourth-order valence-electron chi connectivity index (χ4n) is 3.57. The minimum atomic E-state index is -0.00588. The van der Waals surface area contributed by atoms with E-state index >= 15 is 0 Å². The lowest BCUT2D eigenvalue weighted by atomic mass is 10.1. The monoisotopic (exact) mass is 407 g/mol. The summed E-state index contributed by atoms with van der Waals surface area (Å²) in [5, 5.41) is 3.87. The van der Waals surface area contributed by atoms with Gasteiger partial charge in [0.2, 0.25) is 5.91 Å². The smallest absolute Gasteiger partial charge is 0.259 e. The van der Waals surface area contributed by atoms with Crippen molar-refractivity contribution in [1.29, 1.82) is 0 Å². The molecule has 2 aromatic rings. The maximum absolute atomic E-state index is 12.4. The molecule has 0 saturated carbocycles. The summed E-state index contributed by atoms with van der Waals surface area (Å²) in [7, 11) is 0. The third-order valence-corrected chi connectivity index (χ3v) is 7.14. The molecule has 0 spiro atoms. The van der Waals surface area contributed by atoms with E-state index in [0.717, 1.165) is 41.7 Å². The van der Waals surface area contributed by atoms with Crippen molar-refractivity contribution in [2.24, 2.45) is 0 Å². The van der Waals surface area contributed by atoms with Gasteiger partial charge in [-0.15, -0.1) is 11.3 Å². The summed E-state index contributed by atoms with van der Waals surface area (Å²) in [6.45, 7) is 4.26. The summed E-state index contributed by atoms with van der Waals surface area (Å²) in [5.74, 6) is 2.19. The van der Waals surface area contributed by atoms with Crippen LogP contribution in [-0.4, -0.2) is 27.7 Å². The van der Waals surface area contributed by atoms with Crippen LogP contribution in [0.1, 0.15) is 68.6 Å². The molecule has 2 heterocycles. The number of thiophene rings is 1. The first-order chi connectivity index (χ1) is 13.1. The first-order valence-corrected chi connectivity index (χ1v) is 12.0. The fourth-order valence-corrected chi connectivity index (χ4v) is 5.65. The molecule has 0 fully saturated rings. The summed E-state index contributed by atoms with van der Waals surface area (Å²) < 4.78 is 0. The lowest BCUT2D eigenvalue weighted by Gasteiger charge is -2.13. The quantitative estimate of drug-likeness (QED) is 0.579. The second kappa shape index (κ2) is 9.73. The number of unbranched alkanes of at least 4 members (excludes halogenated alkanes) is 2. The molecule has 0 aromatic carbocycles. The normalized spacial score (nSPS) is 14.4. The van der Waals surface area contributed by atoms with Gasteiger partial charge < -0.3 is 10.3 Å². The van der Waals surface area contributed by atoms with E-state index in [-0.39, 0.29) is 17.5 Å². The molecular formula is C20H29N3O2S2. The highest BCUT2D eigenvalue weighted by Crippen LogP contribution is 2.34. The predicted octanol–water partition coefficient (Wildman–Crippen LogP) is 4.18. The number of nitrogens with one attached hydrogen (secondary N) is 2. The van der Waals surface area contributed by atoms with Crippen molar-refractivity contribution in [2.45, 2.75) is 77.0 Å². The Balaban J connectivity index is 1.44. The van der Waals surface area contributed by atoms with Crippen LogP contribution in [0, 0.1) is 0 Å². The zero-order chi connectivity index (χ0) is 19.2. The van der Waals surface area contributed by atoms with Gasteiger partial charge in [-0.2, -0.15) is 11.8 Å². The van der Waals surface area contributed by atoms with Crippen LogP contribution in [0.25, 0.3) is 10.2 Å². The van der Waals surface area contributed by atoms with Crippen LogP contribution in [0.3, 0.4) is 0 Å². The van der Waals surface area contributed by atoms with Crippen molar-refractivity contribution in [3.05, 3.63) is 26.6 Å². The van der Waals surface area contributed by atoms with Gasteiger partial charge in [0.15, 0.2) is 0 Å². The number of nitrogens with zero attached hydrogens (tertiary/aromatic N) is 1. The average Bonchev–Trinajstić information content (AvgIpc) is 3.19. The van der Waals surface area contributed by atoms with E-state index in [1.54, 1.807) is 23.1 Å². The number of amides is 1. The second-order valence-corrected chi connectivity index (χ2v) is 9.51. The number of hydrogen-bond acceptors (Lipinski definition) is 5. The van der Waals surface area contributed by atoms with Crippen LogP contribution in [0.5, 0.6) is 0 Å². The number of thioether (sulfide) groups is 1. The van der Waals surface area contributed by atoms with E-state index in [1.807, 2.05) is 0 Å². The number of fused-ring (bicyclic) bond motifs is 3. The first-order valence-electron chi connectivity index (χ1n) is 9.99. The molecule has 0 bridgehead atoms. The summed E-state index contributed by atoms with van der Waals surface area (Å²) in [5.41, 5.74) is 1.21. The van der Waals surface area contributed by atoms with Crippen LogP contribution >= 0.6 is 23.1 Å². The van der Waals surface area contributed by atoms with Crippen molar-refractivity contribution in [3.63, 3.8) is 0 Å². The Morgan fingerprint density at radius 3 is 3.04 bits per heavy atom. The second-order valence-electron chi connectivity index (χ2n) is 7.32. The summed E-state index contributed by atoms with van der Waals surface area (Å²) in [6.07, 6.45) is 8.36. The number of rotatable bonds is 10. The van der Waals surface area contributed by atoms with E-state index in [1.165, 1.54) is 29.7 Å². The van der Waals surface area contributed by atoms with Crippen molar-refractivity contribution in [3.8, 4) is 0 Å². The van der Waals surface area contributed by atoms with Crippen LogP contribution in [-0.2, 0) is 23.4 Å². The Morgan fingerprint density at radius 1 is 1.37 bits per heavy atom. The summed E-state index contributed by atoms with van der Waals surface area (Å²) in [6, 6.07) is 0.246. The highest BCUT2D eigenvalue weighted by atomic mass is 32.2. The lowest BCUT2D eigenvalue weighted by Crippen LogP contribution is -2.32. The average molecular weight is 408 g/mol. The van der Waals surface area contributed by atoms with Crippen LogP contribution in [0.4, 0.5) is 0 Å². The number of aromatic nitrogens is 2. The Hall–Kier alpha value is -1.34. The molecule has 148 valence electrons. The zero-order valence-electron chi connectivity index (χ0n) is 16.2. The van der Waals surface area contributed by atoms with Crippen molar-refractivity contribution >= 4 is 39.2 Å². The molecule has 1 aliphatic rings. The molecule has 1 atom stereocenters. The van der Waals surface area contributed by atoms with Crippen LogP contribution in [0.2, 0.25) is 0 Å². The number of H-pyrrole nitrogens is 1. The molecular weight excluding hydrogens is 378 g/mol. The molecule has 27 heavy (non-hydrogen) atoms. The van der Waals surface area contributed by atoms with E-state index in [0.29, 0.717) is 18.0 Å². The van der Waals surface area contributed by atoms with E-state index < -0.39 is 0 Å².